The zero-order valence-electron chi connectivity index (χ0n) is 16.1. The van der Waals surface area contributed by atoms with E-state index in [2.05, 4.69) is 16.3 Å². The van der Waals surface area contributed by atoms with E-state index in [0.29, 0.717) is 33.7 Å². The van der Waals surface area contributed by atoms with Crippen LogP contribution >= 0.6 is 0 Å². The van der Waals surface area contributed by atoms with Crippen molar-refractivity contribution in [1.82, 2.24) is 15.2 Å². The first-order chi connectivity index (χ1) is 13.9. The van der Waals surface area contributed by atoms with Crippen molar-refractivity contribution in [3.8, 4) is 28.5 Å². The Hall–Kier alpha value is -4.05. The monoisotopic (exact) mass is 383 g/mol. The number of pyridine rings is 1. The third-order valence-electron chi connectivity index (χ3n) is 5.00. The summed E-state index contributed by atoms with van der Waals surface area (Å²) in [6.45, 7) is 5.84. The van der Waals surface area contributed by atoms with Gasteiger partial charge in [-0.2, -0.15) is 10.4 Å². The molecule has 0 aliphatic carbocycles. The van der Waals surface area contributed by atoms with Crippen LogP contribution in [0.4, 0.5) is 5.69 Å². The number of fused-ring (bicyclic) bond motifs is 1. The fourth-order valence-corrected chi connectivity index (χ4v) is 3.63. The molecule has 0 bridgehead atoms. The van der Waals surface area contributed by atoms with Gasteiger partial charge in [0.1, 0.15) is 6.07 Å². The van der Waals surface area contributed by atoms with Crippen LogP contribution in [0, 0.1) is 42.2 Å². The van der Waals surface area contributed by atoms with Crippen LogP contribution in [0.25, 0.3) is 33.4 Å². The summed E-state index contributed by atoms with van der Waals surface area (Å²) in [6.07, 6.45) is 0. The number of nitro benzene ring substituents is 1. The van der Waals surface area contributed by atoms with E-state index < -0.39 is 4.92 Å². The topological polar surface area (TPSA) is 108 Å². The van der Waals surface area contributed by atoms with Gasteiger partial charge in [-0.1, -0.05) is 23.8 Å². The number of H-pyrrole nitrogens is 1. The molecule has 0 atom stereocenters. The minimum Gasteiger partial charge on any atom is -0.261 e. The van der Waals surface area contributed by atoms with Crippen LogP contribution in [0.1, 0.15) is 22.4 Å². The van der Waals surface area contributed by atoms with Gasteiger partial charge >= 0.3 is 0 Å². The molecule has 142 valence electrons. The molecule has 4 aromatic rings. The minimum absolute atomic E-state index is 0.00363. The van der Waals surface area contributed by atoms with E-state index in [1.807, 2.05) is 39.0 Å². The van der Waals surface area contributed by atoms with Crippen molar-refractivity contribution >= 4 is 16.7 Å². The smallest absolute Gasteiger partial charge is 0.261 e. The van der Waals surface area contributed by atoms with Crippen LogP contribution in [-0.2, 0) is 0 Å². The van der Waals surface area contributed by atoms with E-state index in [4.69, 9.17) is 4.98 Å². The number of nitriles is 1. The van der Waals surface area contributed by atoms with E-state index in [9.17, 15) is 15.4 Å². The number of non-ortho nitro benzene ring substituents is 1. The molecule has 0 radical (unpaired) electrons. The maximum Gasteiger partial charge on any atom is 0.269 e. The molecule has 0 spiro atoms. The van der Waals surface area contributed by atoms with E-state index >= 15 is 0 Å². The van der Waals surface area contributed by atoms with Gasteiger partial charge in [-0.05, 0) is 44.0 Å². The first-order valence-corrected chi connectivity index (χ1v) is 9.02. The molecule has 0 fully saturated rings. The lowest BCUT2D eigenvalue weighted by atomic mass is 9.91. The zero-order chi connectivity index (χ0) is 20.7. The minimum atomic E-state index is -0.443. The fraction of sp³-hybridized carbons (Fsp3) is 0.136. The quantitative estimate of drug-likeness (QED) is 0.396. The highest BCUT2D eigenvalue weighted by atomic mass is 16.6. The third kappa shape index (κ3) is 3.01. The molecule has 0 amide bonds. The second-order valence-electron chi connectivity index (χ2n) is 6.98. The lowest BCUT2D eigenvalue weighted by Gasteiger charge is -2.13. The molecule has 0 saturated carbocycles. The Kier molecular flexibility index (Phi) is 4.32. The molecule has 7 nitrogen and oxygen atoms in total. The fourth-order valence-electron chi connectivity index (χ4n) is 3.63. The van der Waals surface area contributed by atoms with Crippen LogP contribution in [-0.4, -0.2) is 20.1 Å². The summed E-state index contributed by atoms with van der Waals surface area (Å²) in [7, 11) is 0. The zero-order valence-corrected chi connectivity index (χ0v) is 16.1. The number of hydrogen-bond donors (Lipinski definition) is 1. The van der Waals surface area contributed by atoms with Crippen LogP contribution in [0.15, 0.2) is 42.5 Å². The summed E-state index contributed by atoms with van der Waals surface area (Å²) in [5.41, 5.74) is 6.65. The average molecular weight is 383 g/mol. The van der Waals surface area contributed by atoms with E-state index in [1.165, 1.54) is 12.1 Å². The van der Waals surface area contributed by atoms with E-state index in [-0.39, 0.29) is 5.69 Å². The SMILES string of the molecule is Cc1ccc(-c2nc3[nH]nc(C)c3c(-c3ccc([N+](=O)[O-])cc3)c2C#N)c(C)c1. The highest BCUT2D eigenvalue weighted by Gasteiger charge is 2.22. The Morgan fingerprint density at radius 1 is 1.10 bits per heavy atom. The molecule has 7 heteroatoms. The van der Waals surface area contributed by atoms with Crippen molar-refractivity contribution in [3.63, 3.8) is 0 Å². The number of aryl methyl sites for hydroxylation is 3. The van der Waals surface area contributed by atoms with Gasteiger partial charge in [0.25, 0.3) is 5.69 Å². The predicted octanol–water partition coefficient (Wildman–Crippen LogP) is 5.00. The molecular weight excluding hydrogens is 366 g/mol. The summed E-state index contributed by atoms with van der Waals surface area (Å²) in [6, 6.07) is 14.5. The molecule has 2 aromatic carbocycles. The highest BCUT2D eigenvalue weighted by Crippen LogP contribution is 2.38. The molecule has 1 N–H and O–H groups in total. The first kappa shape index (κ1) is 18.3. The van der Waals surface area contributed by atoms with Crippen molar-refractivity contribution in [2.24, 2.45) is 0 Å². The number of hydrogen-bond acceptors (Lipinski definition) is 5. The van der Waals surface area contributed by atoms with Crippen molar-refractivity contribution in [1.29, 1.82) is 5.26 Å². The number of nitrogens with one attached hydrogen (secondary N) is 1. The van der Waals surface area contributed by atoms with Gasteiger partial charge in [0, 0.05) is 23.3 Å². The highest BCUT2D eigenvalue weighted by molar-refractivity contribution is 6.01. The third-order valence-corrected chi connectivity index (χ3v) is 5.00. The average Bonchev–Trinajstić information content (AvgIpc) is 3.07. The number of rotatable bonds is 3. The molecule has 2 heterocycles. The summed E-state index contributed by atoms with van der Waals surface area (Å²) in [5.74, 6) is 0. The summed E-state index contributed by atoms with van der Waals surface area (Å²) in [4.78, 5) is 15.3. The molecule has 0 aliphatic heterocycles. The molecule has 0 saturated heterocycles. The Morgan fingerprint density at radius 2 is 1.83 bits per heavy atom. The molecular formula is C22H17N5O2. The van der Waals surface area contributed by atoms with Crippen molar-refractivity contribution in [3.05, 3.63) is 75.0 Å². The maximum absolute atomic E-state index is 11.0. The van der Waals surface area contributed by atoms with Gasteiger partial charge in [-0.25, -0.2) is 4.98 Å². The molecule has 29 heavy (non-hydrogen) atoms. The standard InChI is InChI=1S/C22H17N5O2/c1-12-4-9-17(13(2)10-12)21-18(11-23)20(19-14(3)25-26-22(19)24-21)15-5-7-16(8-6-15)27(28)29/h4-10H,1-3H3,(H,24,25,26). The van der Waals surface area contributed by atoms with Crippen LogP contribution < -0.4 is 0 Å². The molecule has 4 rings (SSSR count). The Labute approximate surface area is 166 Å². The first-order valence-electron chi connectivity index (χ1n) is 9.02. The van der Waals surface area contributed by atoms with Crippen molar-refractivity contribution < 1.29 is 4.92 Å². The van der Waals surface area contributed by atoms with Gasteiger partial charge in [-0.3, -0.25) is 15.2 Å². The lowest BCUT2D eigenvalue weighted by Crippen LogP contribution is -1.98. The Balaban J connectivity index is 2.08. The summed E-state index contributed by atoms with van der Waals surface area (Å²) < 4.78 is 0. The van der Waals surface area contributed by atoms with Crippen molar-refractivity contribution in [2.75, 3.05) is 0 Å². The number of benzene rings is 2. The summed E-state index contributed by atoms with van der Waals surface area (Å²) in [5, 5.41) is 29.0. The number of nitro groups is 1. The number of nitrogens with zero attached hydrogens (tertiary/aromatic N) is 4. The van der Waals surface area contributed by atoms with Gasteiger partial charge in [0.05, 0.1) is 27.3 Å². The second-order valence-corrected chi connectivity index (χ2v) is 6.98. The van der Waals surface area contributed by atoms with Gasteiger partial charge < -0.3 is 0 Å². The van der Waals surface area contributed by atoms with E-state index in [0.717, 1.165) is 22.1 Å². The van der Waals surface area contributed by atoms with Gasteiger partial charge in [0.2, 0.25) is 0 Å². The normalized spacial score (nSPS) is 10.8. The van der Waals surface area contributed by atoms with Crippen LogP contribution in [0.5, 0.6) is 0 Å². The second kappa shape index (κ2) is 6.84. The molecule has 2 aromatic heterocycles. The number of aromatic nitrogens is 3. The molecule has 0 unspecified atom stereocenters. The van der Waals surface area contributed by atoms with Crippen molar-refractivity contribution in [2.45, 2.75) is 20.8 Å². The van der Waals surface area contributed by atoms with Gasteiger partial charge in [-0.15, -0.1) is 0 Å². The Morgan fingerprint density at radius 3 is 2.45 bits per heavy atom. The van der Waals surface area contributed by atoms with Crippen LogP contribution in [0.2, 0.25) is 0 Å². The lowest BCUT2D eigenvalue weighted by molar-refractivity contribution is -0.384. The Bertz CT molecular complexity index is 1310. The van der Waals surface area contributed by atoms with Crippen LogP contribution in [0.3, 0.4) is 0 Å². The predicted molar refractivity (Wildman–Crippen MR) is 110 cm³/mol. The molecule has 0 aliphatic rings. The maximum atomic E-state index is 11.0. The van der Waals surface area contributed by atoms with E-state index in [1.54, 1.807) is 12.1 Å². The van der Waals surface area contributed by atoms with Gasteiger partial charge in [0.15, 0.2) is 5.65 Å². The number of aromatic amines is 1. The largest absolute Gasteiger partial charge is 0.269 e. The summed E-state index contributed by atoms with van der Waals surface area (Å²) >= 11 is 0.